The highest BCUT2D eigenvalue weighted by atomic mass is 16.4. The van der Waals surface area contributed by atoms with Crippen molar-refractivity contribution in [1.82, 2.24) is 9.97 Å². The molecule has 0 aromatic carbocycles. The van der Waals surface area contributed by atoms with E-state index in [0.29, 0.717) is 12.2 Å². The summed E-state index contributed by atoms with van der Waals surface area (Å²) in [5, 5.41) is 9.13. The second kappa shape index (κ2) is 5.25. The Labute approximate surface area is 106 Å². The minimum atomic E-state index is -1.19. The first-order chi connectivity index (χ1) is 8.27. The number of carbonyl (C=O) groups excluding carboxylic acids is 1. The number of aromatic nitrogens is 2. The third-order valence-corrected chi connectivity index (χ3v) is 2.44. The van der Waals surface area contributed by atoms with Gasteiger partial charge in [-0.3, -0.25) is 4.79 Å². The van der Waals surface area contributed by atoms with E-state index in [0.717, 1.165) is 6.42 Å². The van der Waals surface area contributed by atoms with Crippen LogP contribution in [-0.4, -0.2) is 26.8 Å². The van der Waals surface area contributed by atoms with Crippen LogP contribution in [0, 0.1) is 5.41 Å². The summed E-state index contributed by atoms with van der Waals surface area (Å²) in [6, 6.07) is 0. The molecule has 0 aliphatic heterocycles. The molecule has 0 aliphatic rings. The average molecular weight is 250 g/mol. The quantitative estimate of drug-likeness (QED) is 0.830. The first-order valence-electron chi connectivity index (χ1n) is 5.91. The lowest BCUT2D eigenvalue weighted by Crippen LogP contribution is -2.24. The summed E-state index contributed by atoms with van der Waals surface area (Å²) in [6.45, 7) is 7.17. The lowest BCUT2D eigenvalue weighted by molar-refractivity contribution is 0.0680. The molecule has 0 atom stereocenters. The van der Waals surface area contributed by atoms with Gasteiger partial charge in [0.1, 0.15) is 5.82 Å². The molecule has 0 saturated carbocycles. The monoisotopic (exact) mass is 250 g/mol. The number of carbonyl (C=O) groups is 2. The molecule has 5 nitrogen and oxygen atoms in total. The van der Waals surface area contributed by atoms with Gasteiger partial charge in [-0.05, 0) is 6.42 Å². The first kappa shape index (κ1) is 14.3. The van der Waals surface area contributed by atoms with Crippen LogP contribution in [0.15, 0.2) is 6.20 Å². The SMILES string of the molecule is CCCc1ncc(C(=O)C(C)(C)C)c(C(=O)O)n1. The van der Waals surface area contributed by atoms with Crippen LogP contribution in [0.5, 0.6) is 0 Å². The fourth-order valence-electron chi connectivity index (χ4n) is 1.50. The Morgan fingerprint density at radius 1 is 1.33 bits per heavy atom. The van der Waals surface area contributed by atoms with Crippen LogP contribution in [0.3, 0.4) is 0 Å². The van der Waals surface area contributed by atoms with Crippen molar-refractivity contribution in [2.75, 3.05) is 0 Å². The summed E-state index contributed by atoms with van der Waals surface area (Å²) in [5.74, 6) is -0.995. The molecule has 18 heavy (non-hydrogen) atoms. The standard InChI is InChI=1S/C13H18N2O3/c1-5-6-9-14-7-8(10(15-9)12(17)18)11(16)13(2,3)4/h7H,5-6H2,1-4H3,(H,17,18). The predicted molar refractivity (Wildman–Crippen MR) is 66.8 cm³/mol. The van der Waals surface area contributed by atoms with Gasteiger partial charge in [-0.1, -0.05) is 27.7 Å². The summed E-state index contributed by atoms with van der Waals surface area (Å²) in [5.41, 5.74) is -0.775. The maximum atomic E-state index is 12.1. The zero-order valence-electron chi connectivity index (χ0n) is 11.1. The number of ketones is 1. The van der Waals surface area contributed by atoms with Gasteiger partial charge in [0.25, 0.3) is 0 Å². The molecule has 98 valence electrons. The molecule has 0 fully saturated rings. The van der Waals surface area contributed by atoms with Crippen molar-refractivity contribution in [3.63, 3.8) is 0 Å². The molecule has 1 N–H and O–H groups in total. The van der Waals surface area contributed by atoms with Crippen LogP contribution in [0.1, 0.15) is 60.8 Å². The molecule has 1 heterocycles. The van der Waals surface area contributed by atoms with E-state index >= 15 is 0 Å². The molecule has 0 amide bonds. The minimum absolute atomic E-state index is 0.0786. The molecule has 0 radical (unpaired) electrons. The van der Waals surface area contributed by atoms with E-state index in [1.165, 1.54) is 6.20 Å². The van der Waals surface area contributed by atoms with E-state index in [9.17, 15) is 9.59 Å². The normalized spacial score (nSPS) is 11.3. The van der Waals surface area contributed by atoms with Crippen molar-refractivity contribution >= 4 is 11.8 Å². The molecule has 0 unspecified atom stereocenters. The molecule has 0 spiro atoms. The number of Topliss-reactive ketones (excluding diaryl/α,β-unsaturated/α-hetero) is 1. The van der Waals surface area contributed by atoms with E-state index in [1.807, 2.05) is 6.92 Å². The van der Waals surface area contributed by atoms with Crippen molar-refractivity contribution in [1.29, 1.82) is 0 Å². The molecule has 1 aromatic heterocycles. The molecule has 0 saturated heterocycles. The Morgan fingerprint density at radius 3 is 2.39 bits per heavy atom. The second-order valence-corrected chi connectivity index (χ2v) is 5.18. The van der Waals surface area contributed by atoms with Crippen LogP contribution in [0.4, 0.5) is 0 Å². The van der Waals surface area contributed by atoms with Gasteiger partial charge >= 0.3 is 5.97 Å². The number of hydrogen-bond donors (Lipinski definition) is 1. The van der Waals surface area contributed by atoms with Crippen LogP contribution in [0.2, 0.25) is 0 Å². The van der Waals surface area contributed by atoms with E-state index in [4.69, 9.17) is 5.11 Å². The van der Waals surface area contributed by atoms with Crippen molar-refractivity contribution in [3.8, 4) is 0 Å². The maximum absolute atomic E-state index is 12.1. The molecule has 1 aromatic rings. The van der Waals surface area contributed by atoms with Gasteiger partial charge in [0, 0.05) is 18.0 Å². The molecule has 1 rings (SSSR count). The summed E-state index contributed by atoms with van der Waals surface area (Å²) in [6.07, 6.45) is 2.75. The molecular weight excluding hydrogens is 232 g/mol. The molecule has 5 heteroatoms. The lowest BCUT2D eigenvalue weighted by Gasteiger charge is -2.17. The fraction of sp³-hybridized carbons (Fsp3) is 0.538. The predicted octanol–water partition coefficient (Wildman–Crippen LogP) is 2.36. The summed E-state index contributed by atoms with van der Waals surface area (Å²) >= 11 is 0. The van der Waals surface area contributed by atoms with E-state index < -0.39 is 11.4 Å². The number of carboxylic acids is 1. The van der Waals surface area contributed by atoms with Crippen molar-refractivity contribution in [3.05, 3.63) is 23.3 Å². The maximum Gasteiger partial charge on any atom is 0.355 e. The van der Waals surface area contributed by atoms with Gasteiger partial charge in [0.05, 0.1) is 5.56 Å². The molecular formula is C13H18N2O3. The number of nitrogens with zero attached hydrogens (tertiary/aromatic N) is 2. The Hall–Kier alpha value is -1.78. The summed E-state index contributed by atoms with van der Waals surface area (Å²) < 4.78 is 0. The second-order valence-electron chi connectivity index (χ2n) is 5.18. The Bertz CT molecular complexity index is 476. The van der Waals surface area contributed by atoms with Gasteiger partial charge in [-0.15, -0.1) is 0 Å². The van der Waals surface area contributed by atoms with Gasteiger partial charge < -0.3 is 5.11 Å². The fourth-order valence-corrected chi connectivity index (χ4v) is 1.50. The largest absolute Gasteiger partial charge is 0.476 e. The topological polar surface area (TPSA) is 80.2 Å². The van der Waals surface area contributed by atoms with Gasteiger partial charge in [-0.25, -0.2) is 14.8 Å². The number of aryl methyl sites for hydroxylation is 1. The minimum Gasteiger partial charge on any atom is -0.476 e. The van der Waals surface area contributed by atoms with Crippen molar-refractivity contribution < 1.29 is 14.7 Å². The number of rotatable bonds is 4. The molecule has 0 aliphatic carbocycles. The van der Waals surface area contributed by atoms with E-state index in [2.05, 4.69) is 9.97 Å². The van der Waals surface area contributed by atoms with Crippen LogP contribution in [0.25, 0.3) is 0 Å². The van der Waals surface area contributed by atoms with Crippen molar-refractivity contribution in [2.45, 2.75) is 40.5 Å². The van der Waals surface area contributed by atoms with Crippen LogP contribution >= 0.6 is 0 Å². The zero-order chi connectivity index (χ0) is 13.9. The smallest absolute Gasteiger partial charge is 0.355 e. The zero-order valence-corrected chi connectivity index (χ0v) is 11.1. The lowest BCUT2D eigenvalue weighted by atomic mass is 9.86. The molecule has 0 bridgehead atoms. The van der Waals surface area contributed by atoms with Crippen molar-refractivity contribution in [2.24, 2.45) is 5.41 Å². The number of hydrogen-bond acceptors (Lipinski definition) is 4. The van der Waals surface area contributed by atoms with Gasteiger partial charge in [0.2, 0.25) is 0 Å². The number of carboxylic acid groups (broad SMARTS) is 1. The summed E-state index contributed by atoms with van der Waals surface area (Å²) in [4.78, 5) is 31.3. The van der Waals surface area contributed by atoms with Crippen LogP contribution in [-0.2, 0) is 6.42 Å². The Kier molecular flexibility index (Phi) is 4.16. The highest BCUT2D eigenvalue weighted by molar-refractivity contribution is 6.06. The van der Waals surface area contributed by atoms with Crippen LogP contribution < -0.4 is 0 Å². The third kappa shape index (κ3) is 3.12. The van der Waals surface area contributed by atoms with Gasteiger partial charge in [-0.2, -0.15) is 0 Å². The third-order valence-electron chi connectivity index (χ3n) is 2.44. The van der Waals surface area contributed by atoms with Gasteiger partial charge in [0.15, 0.2) is 11.5 Å². The Balaban J connectivity index is 3.28. The summed E-state index contributed by atoms with van der Waals surface area (Å²) in [7, 11) is 0. The average Bonchev–Trinajstić information content (AvgIpc) is 2.27. The first-order valence-corrected chi connectivity index (χ1v) is 5.91. The number of aromatic carboxylic acids is 1. The highest BCUT2D eigenvalue weighted by Crippen LogP contribution is 2.22. The highest BCUT2D eigenvalue weighted by Gasteiger charge is 2.28. The Morgan fingerprint density at radius 2 is 1.94 bits per heavy atom. The van der Waals surface area contributed by atoms with E-state index in [1.54, 1.807) is 20.8 Å². The van der Waals surface area contributed by atoms with E-state index in [-0.39, 0.29) is 17.0 Å².